The van der Waals surface area contributed by atoms with E-state index in [1.165, 1.54) is 0 Å². The Hall–Kier alpha value is -3.03. The number of rotatable bonds is 3. The van der Waals surface area contributed by atoms with E-state index < -0.39 is 0 Å². The summed E-state index contributed by atoms with van der Waals surface area (Å²) in [6.07, 6.45) is 5.27. The number of anilines is 2. The second-order valence-electron chi connectivity index (χ2n) is 6.07. The van der Waals surface area contributed by atoms with Crippen molar-refractivity contribution in [3.8, 4) is 5.82 Å². The maximum atomic E-state index is 4.61. The molecule has 128 valence electrons. The molecule has 3 aromatic heterocycles. The summed E-state index contributed by atoms with van der Waals surface area (Å²) in [4.78, 5) is 22.2. The molecule has 0 unspecified atom stereocenters. The zero-order valence-electron chi connectivity index (χ0n) is 14.4. The summed E-state index contributed by atoms with van der Waals surface area (Å²) in [5, 5.41) is 4.26. The van der Waals surface area contributed by atoms with Crippen LogP contribution in [0.25, 0.3) is 5.82 Å². The van der Waals surface area contributed by atoms with E-state index in [9.17, 15) is 0 Å². The van der Waals surface area contributed by atoms with Crippen LogP contribution >= 0.6 is 0 Å². The Labute approximate surface area is 146 Å². The number of aryl methyl sites for hydroxylation is 2. The third-order valence-corrected chi connectivity index (χ3v) is 4.27. The van der Waals surface area contributed by atoms with Gasteiger partial charge in [0.25, 0.3) is 0 Å². The molecule has 8 nitrogen and oxygen atoms in total. The van der Waals surface area contributed by atoms with E-state index in [-0.39, 0.29) is 0 Å². The minimum atomic E-state index is 0.747. The summed E-state index contributed by atoms with van der Waals surface area (Å²) in [5.41, 5.74) is 0.989. The van der Waals surface area contributed by atoms with Crippen molar-refractivity contribution in [2.24, 2.45) is 0 Å². The Morgan fingerprint density at radius 1 is 0.840 bits per heavy atom. The molecule has 4 heterocycles. The van der Waals surface area contributed by atoms with Gasteiger partial charge < -0.3 is 9.80 Å². The van der Waals surface area contributed by atoms with Crippen LogP contribution in [-0.4, -0.2) is 55.9 Å². The van der Waals surface area contributed by atoms with Gasteiger partial charge in [-0.2, -0.15) is 5.10 Å². The van der Waals surface area contributed by atoms with Crippen LogP contribution in [0.1, 0.15) is 11.5 Å². The van der Waals surface area contributed by atoms with Crippen LogP contribution in [0.5, 0.6) is 0 Å². The lowest BCUT2D eigenvalue weighted by Gasteiger charge is -2.36. The second kappa shape index (κ2) is 6.46. The van der Waals surface area contributed by atoms with E-state index in [1.54, 1.807) is 17.2 Å². The van der Waals surface area contributed by atoms with Gasteiger partial charge in [-0.3, -0.25) is 0 Å². The Balaban J connectivity index is 1.51. The fraction of sp³-hybridized carbons (Fsp3) is 0.353. The first-order valence-electron chi connectivity index (χ1n) is 8.33. The van der Waals surface area contributed by atoms with Gasteiger partial charge in [0, 0.05) is 56.4 Å². The molecule has 1 saturated heterocycles. The number of hydrogen-bond acceptors (Lipinski definition) is 7. The summed E-state index contributed by atoms with van der Waals surface area (Å²) in [5.74, 6) is 3.47. The van der Waals surface area contributed by atoms with Crippen LogP contribution in [0, 0.1) is 13.8 Å². The minimum absolute atomic E-state index is 0.747. The SMILES string of the molecule is Cc1cc(N2CCN(c3cc(-n4cccn4)nc(C)n3)CC2)ncn1. The molecule has 3 aromatic rings. The summed E-state index contributed by atoms with van der Waals surface area (Å²) in [6, 6.07) is 5.91. The molecule has 1 aliphatic rings. The topological polar surface area (TPSA) is 75.9 Å². The van der Waals surface area contributed by atoms with E-state index in [1.807, 2.05) is 38.2 Å². The summed E-state index contributed by atoms with van der Waals surface area (Å²) < 4.78 is 1.76. The zero-order chi connectivity index (χ0) is 17.2. The monoisotopic (exact) mass is 336 g/mol. The van der Waals surface area contributed by atoms with Crippen LogP contribution < -0.4 is 9.80 Å². The maximum Gasteiger partial charge on any atom is 0.159 e. The van der Waals surface area contributed by atoms with E-state index in [0.717, 1.165) is 55.2 Å². The molecule has 1 fully saturated rings. The molecule has 0 aromatic carbocycles. The molecule has 0 atom stereocenters. The van der Waals surface area contributed by atoms with Crippen molar-refractivity contribution in [3.63, 3.8) is 0 Å². The van der Waals surface area contributed by atoms with Crippen LogP contribution in [0.2, 0.25) is 0 Å². The Morgan fingerprint density at radius 2 is 1.56 bits per heavy atom. The number of nitrogens with zero attached hydrogens (tertiary/aromatic N) is 8. The van der Waals surface area contributed by atoms with Gasteiger partial charge in [-0.15, -0.1) is 0 Å². The van der Waals surface area contributed by atoms with Crippen LogP contribution in [0.15, 0.2) is 36.9 Å². The highest BCUT2D eigenvalue weighted by molar-refractivity contribution is 5.47. The highest BCUT2D eigenvalue weighted by atomic mass is 15.3. The molecular weight excluding hydrogens is 316 g/mol. The quantitative estimate of drug-likeness (QED) is 0.715. The van der Waals surface area contributed by atoms with Crippen molar-refractivity contribution in [3.05, 3.63) is 48.4 Å². The van der Waals surface area contributed by atoms with Crippen LogP contribution in [0.4, 0.5) is 11.6 Å². The molecule has 0 bridgehead atoms. The van der Waals surface area contributed by atoms with Gasteiger partial charge in [-0.25, -0.2) is 24.6 Å². The lowest BCUT2D eigenvalue weighted by atomic mass is 10.3. The molecule has 0 N–H and O–H groups in total. The Morgan fingerprint density at radius 3 is 2.24 bits per heavy atom. The van der Waals surface area contributed by atoms with Crippen molar-refractivity contribution in [2.45, 2.75) is 13.8 Å². The molecule has 25 heavy (non-hydrogen) atoms. The zero-order valence-corrected chi connectivity index (χ0v) is 14.4. The molecule has 1 aliphatic heterocycles. The molecule has 0 saturated carbocycles. The first-order chi connectivity index (χ1) is 12.2. The van der Waals surface area contributed by atoms with Crippen LogP contribution in [-0.2, 0) is 0 Å². The average molecular weight is 336 g/mol. The highest BCUT2D eigenvalue weighted by Crippen LogP contribution is 2.19. The predicted molar refractivity (Wildman–Crippen MR) is 95.1 cm³/mol. The maximum absolute atomic E-state index is 4.61. The standard InChI is InChI=1S/C17H20N8/c1-13-10-15(19-12-18-13)23-6-8-24(9-7-23)16-11-17(22-14(2)21-16)25-5-3-4-20-25/h3-5,10-12H,6-9H2,1-2H3. The largest absolute Gasteiger partial charge is 0.353 e. The van der Waals surface area contributed by atoms with E-state index in [0.29, 0.717) is 0 Å². The van der Waals surface area contributed by atoms with E-state index in [2.05, 4.69) is 34.8 Å². The van der Waals surface area contributed by atoms with Crippen molar-refractivity contribution in [1.29, 1.82) is 0 Å². The molecule has 0 spiro atoms. The molecule has 0 aliphatic carbocycles. The average Bonchev–Trinajstić information content (AvgIpc) is 3.16. The summed E-state index contributed by atoms with van der Waals surface area (Å²) in [6.45, 7) is 7.47. The first-order valence-corrected chi connectivity index (χ1v) is 8.33. The fourth-order valence-corrected chi connectivity index (χ4v) is 3.00. The van der Waals surface area contributed by atoms with Gasteiger partial charge in [0.15, 0.2) is 5.82 Å². The number of aromatic nitrogens is 6. The Bertz CT molecular complexity index is 853. The van der Waals surface area contributed by atoms with Gasteiger partial charge in [0.2, 0.25) is 0 Å². The molecule has 0 amide bonds. The third kappa shape index (κ3) is 3.28. The van der Waals surface area contributed by atoms with Gasteiger partial charge in [-0.05, 0) is 19.9 Å². The van der Waals surface area contributed by atoms with Gasteiger partial charge >= 0.3 is 0 Å². The lowest BCUT2D eigenvalue weighted by molar-refractivity contribution is 0.638. The second-order valence-corrected chi connectivity index (χ2v) is 6.07. The number of hydrogen-bond donors (Lipinski definition) is 0. The first kappa shape index (κ1) is 15.5. The van der Waals surface area contributed by atoms with Gasteiger partial charge in [-0.1, -0.05) is 0 Å². The fourth-order valence-electron chi connectivity index (χ4n) is 3.00. The third-order valence-electron chi connectivity index (χ3n) is 4.27. The summed E-state index contributed by atoms with van der Waals surface area (Å²) in [7, 11) is 0. The highest BCUT2D eigenvalue weighted by Gasteiger charge is 2.20. The van der Waals surface area contributed by atoms with E-state index >= 15 is 0 Å². The van der Waals surface area contributed by atoms with Gasteiger partial charge in [0.1, 0.15) is 23.8 Å². The normalized spacial score (nSPS) is 14.8. The van der Waals surface area contributed by atoms with Crippen molar-refractivity contribution in [1.82, 2.24) is 29.7 Å². The Kier molecular flexibility index (Phi) is 4.01. The molecular formula is C17H20N8. The van der Waals surface area contributed by atoms with Crippen molar-refractivity contribution in [2.75, 3.05) is 36.0 Å². The van der Waals surface area contributed by atoms with E-state index in [4.69, 9.17) is 0 Å². The lowest BCUT2D eigenvalue weighted by Crippen LogP contribution is -2.47. The van der Waals surface area contributed by atoms with Crippen molar-refractivity contribution >= 4 is 11.6 Å². The van der Waals surface area contributed by atoms with Gasteiger partial charge in [0.05, 0.1) is 0 Å². The summed E-state index contributed by atoms with van der Waals surface area (Å²) >= 11 is 0. The minimum Gasteiger partial charge on any atom is -0.353 e. The van der Waals surface area contributed by atoms with Crippen LogP contribution in [0.3, 0.4) is 0 Å². The smallest absolute Gasteiger partial charge is 0.159 e. The van der Waals surface area contributed by atoms with Crippen molar-refractivity contribution < 1.29 is 0 Å². The number of piperazine rings is 1. The predicted octanol–water partition coefficient (Wildman–Crippen LogP) is 1.40. The molecule has 0 radical (unpaired) electrons. The molecule has 8 heteroatoms. The molecule has 4 rings (SSSR count).